The normalized spacial score (nSPS) is 19.6. The van der Waals surface area contributed by atoms with E-state index in [1.165, 1.54) is 0 Å². The summed E-state index contributed by atoms with van der Waals surface area (Å²) in [5, 5.41) is 3.48. The molecule has 1 aliphatic rings. The molecule has 1 unspecified atom stereocenters. The van der Waals surface area contributed by atoms with Gasteiger partial charge in [0, 0.05) is 29.7 Å². The van der Waals surface area contributed by atoms with Crippen molar-refractivity contribution in [2.75, 3.05) is 18.5 Å². The molecule has 4 nitrogen and oxygen atoms in total. The predicted molar refractivity (Wildman–Crippen MR) is 77.1 cm³/mol. The second-order valence-electron chi connectivity index (χ2n) is 4.69. The summed E-state index contributed by atoms with van der Waals surface area (Å²) in [6.45, 7) is 5.49. The number of hydrogen-bond acceptors (Lipinski definition) is 4. The van der Waals surface area contributed by atoms with Crippen molar-refractivity contribution in [1.82, 2.24) is 4.98 Å². The van der Waals surface area contributed by atoms with Gasteiger partial charge in [0.2, 0.25) is 0 Å². The molecule has 0 bridgehead atoms. The van der Waals surface area contributed by atoms with Crippen LogP contribution in [-0.4, -0.2) is 29.2 Å². The highest BCUT2D eigenvalue weighted by molar-refractivity contribution is 7.80. The van der Waals surface area contributed by atoms with Crippen LogP contribution >= 0.6 is 12.2 Å². The lowest BCUT2D eigenvalue weighted by Gasteiger charge is -2.25. The molecule has 0 saturated carbocycles. The second kappa shape index (κ2) is 5.63. The summed E-state index contributed by atoms with van der Waals surface area (Å²) in [5.74, 6) is 0. The minimum atomic E-state index is 0.327. The first-order valence-corrected chi connectivity index (χ1v) is 6.61. The number of aryl methyl sites for hydroxylation is 2. The topological polar surface area (TPSA) is 60.2 Å². The Labute approximate surface area is 113 Å². The highest BCUT2D eigenvalue weighted by Crippen LogP contribution is 2.22. The number of hydrogen-bond donors (Lipinski definition) is 2. The van der Waals surface area contributed by atoms with Crippen molar-refractivity contribution in [1.29, 1.82) is 0 Å². The molecule has 1 atom stereocenters. The van der Waals surface area contributed by atoms with Crippen LogP contribution < -0.4 is 11.1 Å². The van der Waals surface area contributed by atoms with Gasteiger partial charge in [-0.1, -0.05) is 12.2 Å². The molecule has 98 valence electrons. The summed E-state index contributed by atoms with van der Waals surface area (Å²) >= 11 is 5.11. The molecule has 18 heavy (non-hydrogen) atoms. The van der Waals surface area contributed by atoms with E-state index in [4.69, 9.17) is 22.7 Å². The Morgan fingerprint density at radius 1 is 1.56 bits per heavy atom. The van der Waals surface area contributed by atoms with E-state index in [0.717, 1.165) is 48.7 Å². The van der Waals surface area contributed by atoms with Crippen LogP contribution in [0.1, 0.15) is 29.8 Å². The molecule has 0 amide bonds. The summed E-state index contributed by atoms with van der Waals surface area (Å²) in [4.78, 5) is 4.80. The second-order valence-corrected chi connectivity index (χ2v) is 5.13. The van der Waals surface area contributed by atoms with Crippen molar-refractivity contribution in [3.8, 4) is 0 Å². The van der Waals surface area contributed by atoms with Crippen LogP contribution in [0.5, 0.6) is 0 Å². The van der Waals surface area contributed by atoms with Crippen LogP contribution in [0.25, 0.3) is 0 Å². The Morgan fingerprint density at radius 2 is 2.33 bits per heavy atom. The minimum absolute atomic E-state index is 0.327. The number of nitrogens with two attached hydrogens (primary N) is 1. The monoisotopic (exact) mass is 265 g/mol. The molecule has 5 heteroatoms. The smallest absolute Gasteiger partial charge is 0.107 e. The zero-order chi connectivity index (χ0) is 13.1. The van der Waals surface area contributed by atoms with E-state index in [-0.39, 0.29) is 0 Å². The number of aromatic nitrogens is 1. The Bertz CT molecular complexity index is 456. The van der Waals surface area contributed by atoms with Gasteiger partial charge in [-0.2, -0.15) is 0 Å². The number of pyridine rings is 1. The fourth-order valence-corrected chi connectivity index (χ4v) is 2.59. The lowest BCUT2D eigenvalue weighted by Crippen LogP contribution is -2.31. The third-order valence-corrected chi connectivity index (χ3v) is 3.30. The third kappa shape index (κ3) is 2.97. The van der Waals surface area contributed by atoms with Gasteiger partial charge in [0.05, 0.1) is 12.2 Å². The first-order chi connectivity index (χ1) is 8.58. The van der Waals surface area contributed by atoms with Gasteiger partial charge in [-0.25, -0.2) is 0 Å². The molecule has 2 rings (SSSR count). The molecule has 1 aliphatic heterocycles. The van der Waals surface area contributed by atoms with Gasteiger partial charge in [0.1, 0.15) is 4.99 Å². The summed E-state index contributed by atoms with van der Waals surface area (Å²) < 4.78 is 5.47. The van der Waals surface area contributed by atoms with Gasteiger partial charge in [-0.3, -0.25) is 4.98 Å². The maximum atomic E-state index is 5.79. The van der Waals surface area contributed by atoms with Crippen LogP contribution in [0.4, 0.5) is 5.69 Å². The van der Waals surface area contributed by atoms with Crippen molar-refractivity contribution in [3.63, 3.8) is 0 Å². The van der Waals surface area contributed by atoms with E-state index in [1.54, 1.807) is 0 Å². The van der Waals surface area contributed by atoms with E-state index >= 15 is 0 Å². The lowest BCUT2D eigenvalue weighted by molar-refractivity contribution is 0.0876. The molecule has 2 heterocycles. The molecule has 1 aromatic rings. The highest BCUT2D eigenvalue weighted by Gasteiger charge is 2.17. The zero-order valence-electron chi connectivity index (χ0n) is 10.8. The van der Waals surface area contributed by atoms with Gasteiger partial charge in [-0.15, -0.1) is 0 Å². The minimum Gasteiger partial charge on any atom is -0.389 e. The summed E-state index contributed by atoms with van der Waals surface area (Å²) in [6, 6.07) is 2.32. The van der Waals surface area contributed by atoms with Gasteiger partial charge < -0.3 is 15.8 Å². The van der Waals surface area contributed by atoms with Crippen molar-refractivity contribution < 1.29 is 4.74 Å². The Hall–Kier alpha value is -1.20. The fourth-order valence-electron chi connectivity index (χ4n) is 2.33. The maximum Gasteiger partial charge on any atom is 0.107 e. The van der Waals surface area contributed by atoms with Crippen LogP contribution in [0.15, 0.2) is 6.07 Å². The molecular formula is C13H19N3OS. The van der Waals surface area contributed by atoms with Crippen LogP contribution in [0, 0.1) is 13.8 Å². The average molecular weight is 265 g/mol. The summed E-state index contributed by atoms with van der Waals surface area (Å²) in [6.07, 6.45) is 2.19. The molecule has 1 saturated heterocycles. The number of nitrogens with one attached hydrogen (secondary N) is 1. The van der Waals surface area contributed by atoms with Gasteiger partial charge in [-0.05, 0) is 32.8 Å². The fraction of sp³-hybridized carbons (Fsp3) is 0.538. The molecule has 1 fully saturated rings. The maximum absolute atomic E-state index is 5.79. The SMILES string of the molecule is Cc1cc(NC2CCCOC2)c(C(N)=S)c(C)n1. The molecule has 1 aromatic heterocycles. The van der Waals surface area contributed by atoms with Crippen molar-refractivity contribution in [3.05, 3.63) is 23.0 Å². The molecule has 0 radical (unpaired) electrons. The molecule has 0 aromatic carbocycles. The summed E-state index contributed by atoms with van der Waals surface area (Å²) in [7, 11) is 0. The van der Waals surface area contributed by atoms with Gasteiger partial charge >= 0.3 is 0 Å². The van der Waals surface area contributed by atoms with Crippen LogP contribution in [0.3, 0.4) is 0 Å². The largest absolute Gasteiger partial charge is 0.389 e. The number of thiocarbonyl (C=S) groups is 1. The Balaban J connectivity index is 2.27. The first-order valence-electron chi connectivity index (χ1n) is 6.20. The quantitative estimate of drug-likeness (QED) is 0.818. The van der Waals surface area contributed by atoms with E-state index in [9.17, 15) is 0 Å². The standard InChI is InChI=1S/C13H19N3OS/c1-8-6-11(12(13(14)18)9(2)15-8)16-10-4-3-5-17-7-10/h6,10H,3-5,7H2,1-2H3,(H2,14,18)(H,15,16). The molecule has 0 aliphatic carbocycles. The Morgan fingerprint density at radius 3 is 2.94 bits per heavy atom. The number of rotatable bonds is 3. The van der Waals surface area contributed by atoms with Gasteiger partial charge in [0.25, 0.3) is 0 Å². The third-order valence-electron chi connectivity index (χ3n) is 3.09. The number of ether oxygens (including phenoxy) is 1. The number of nitrogens with zero attached hydrogens (tertiary/aromatic N) is 1. The molecular weight excluding hydrogens is 246 g/mol. The molecule has 3 N–H and O–H groups in total. The van der Waals surface area contributed by atoms with Crippen molar-refractivity contribution >= 4 is 22.9 Å². The van der Waals surface area contributed by atoms with Crippen molar-refractivity contribution in [2.24, 2.45) is 5.73 Å². The van der Waals surface area contributed by atoms with Crippen LogP contribution in [0.2, 0.25) is 0 Å². The van der Waals surface area contributed by atoms with Crippen LogP contribution in [-0.2, 0) is 4.74 Å². The first kappa shape index (κ1) is 13.2. The van der Waals surface area contributed by atoms with Gasteiger partial charge in [0.15, 0.2) is 0 Å². The van der Waals surface area contributed by atoms with E-state index in [1.807, 2.05) is 19.9 Å². The van der Waals surface area contributed by atoms with E-state index < -0.39 is 0 Å². The van der Waals surface area contributed by atoms with Crippen molar-refractivity contribution in [2.45, 2.75) is 32.7 Å². The summed E-state index contributed by atoms with van der Waals surface area (Å²) in [5.41, 5.74) is 9.46. The Kier molecular flexibility index (Phi) is 4.14. The lowest BCUT2D eigenvalue weighted by atomic mass is 10.1. The molecule has 0 spiro atoms. The highest BCUT2D eigenvalue weighted by atomic mass is 32.1. The zero-order valence-corrected chi connectivity index (χ0v) is 11.6. The predicted octanol–water partition coefficient (Wildman–Crippen LogP) is 1.92. The average Bonchev–Trinajstić information content (AvgIpc) is 2.28. The number of anilines is 1. The van der Waals surface area contributed by atoms with E-state index in [2.05, 4.69) is 10.3 Å². The van der Waals surface area contributed by atoms with E-state index in [0.29, 0.717) is 11.0 Å².